The molecule has 0 saturated carbocycles. The summed E-state index contributed by atoms with van der Waals surface area (Å²) in [7, 11) is 0. The minimum absolute atomic E-state index is 0.0378. The quantitative estimate of drug-likeness (QED) is 0.777. The maximum Gasteiger partial charge on any atom is 0.437 e. The van der Waals surface area contributed by atoms with E-state index in [1.165, 1.54) is 24.3 Å². The summed E-state index contributed by atoms with van der Waals surface area (Å²) in [4.78, 5) is 23.7. The highest BCUT2D eigenvalue weighted by Gasteiger charge is 2.13. The molecule has 0 unspecified atom stereocenters. The standard InChI is InChI=1S/C17H14FN3O3/c18-14-8-6-13(7-9-14)16-20-21(17(23)24-16)11-15(22)19-10-12-4-2-1-3-5-12/h1-9H,10-11H2,(H,19,22). The van der Waals surface area contributed by atoms with Gasteiger partial charge in [-0.25, -0.2) is 9.18 Å². The van der Waals surface area contributed by atoms with Gasteiger partial charge < -0.3 is 9.73 Å². The lowest BCUT2D eigenvalue weighted by Crippen LogP contribution is -2.31. The van der Waals surface area contributed by atoms with E-state index in [1.807, 2.05) is 30.3 Å². The van der Waals surface area contributed by atoms with Crippen molar-refractivity contribution in [2.75, 3.05) is 0 Å². The molecular formula is C17H14FN3O3. The Kier molecular flexibility index (Phi) is 4.51. The molecule has 0 bridgehead atoms. The van der Waals surface area contributed by atoms with Gasteiger partial charge in [0, 0.05) is 12.1 Å². The summed E-state index contributed by atoms with van der Waals surface area (Å²) < 4.78 is 18.8. The van der Waals surface area contributed by atoms with Gasteiger partial charge in [0.25, 0.3) is 0 Å². The highest BCUT2D eigenvalue weighted by Crippen LogP contribution is 2.15. The number of nitrogens with zero attached hydrogens (tertiary/aromatic N) is 2. The third-order valence-electron chi connectivity index (χ3n) is 3.32. The first kappa shape index (κ1) is 15.7. The van der Waals surface area contributed by atoms with Crippen molar-refractivity contribution < 1.29 is 13.6 Å². The van der Waals surface area contributed by atoms with Crippen molar-refractivity contribution in [3.8, 4) is 11.5 Å². The number of nitrogens with one attached hydrogen (secondary N) is 1. The molecule has 0 aliphatic rings. The SMILES string of the molecule is O=C(Cn1nc(-c2ccc(F)cc2)oc1=O)NCc1ccccc1. The summed E-state index contributed by atoms with van der Waals surface area (Å²) in [5.41, 5.74) is 1.40. The smallest absolute Gasteiger partial charge is 0.388 e. The van der Waals surface area contributed by atoms with E-state index in [1.54, 1.807) is 0 Å². The van der Waals surface area contributed by atoms with E-state index in [0.717, 1.165) is 10.2 Å². The van der Waals surface area contributed by atoms with E-state index < -0.39 is 11.6 Å². The lowest BCUT2D eigenvalue weighted by atomic mass is 10.2. The average Bonchev–Trinajstić information content (AvgIpc) is 2.95. The molecule has 1 N–H and O–H groups in total. The van der Waals surface area contributed by atoms with Crippen LogP contribution in [-0.4, -0.2) is 15.7 Å². The predicted molar refractivity (Wildman–Crippen MR) is 84.4 cm³/mol. The molecule has 3 aromatic rings. The third-order valence-corrected chi connectivity index (χ3v) is 3.32. The molecular weight excluding hydrogens is 313 g/mol. The van der Waals surface area contributed by atoms with Gasteiger partial charge in [-0.15, -0.1) is 5.10 Å². The minimum Gasteiger partial charge on any atom is -0.388 e. The number of aromatic nitrogens is 2. The number of carbonyl (C=O) groups is 1. The van der Waals surface area contributed by atoms with Crippen LogP contribution in [0.15, 0.2) is 63.8 Å². The molecule has 0 atom stereocenters. The van der Waals surface area contributed by atoms with Gasteiger partial charge in [-0.1, -0.05) is 30.3 Å². The molecule has 0 spiro atoms. The van der Waals surface area contributed by atoms with E-state index in [9.17, 15) is 14.0 Å². The number of hydrogen-bond acceptors (Lipinski definition) is 4. The van der Waals surface area contributed by atoms with E-state index in [4.69, 9.17) is 4.42 Å². The lowest BCUT2D eigenvalue weighted by molar-refractivity contribution is -0.122. The zero-order valence-corrected chi connectivity index (χ0v) is 12.6. The van der Waals surface area contributed by atoms with E-state index in [0.29, 0.717) is 12.1 Å². The first-order valence-corrected chi connectivity index (χ1v) is 7.26. The van der Waals surface area contributed by atoms with Crippen molar-refractivity contribution in [3.63, 3.8) is 0 Å². The van der Waals surface area contributed by atoms with Gasteiger partial charge in [0.2, 0.25) is 11.8 Å². The molecule has 0 radical (unpaired) electrons. The van der Waals surface area contributed by atoms with Gasteiger partial charge in [-0.2, -0.15) is 4.68 Å². The number of amides is 1. The Morgan fingerprint density at radius 3 is 2.54 bits per heavy atom. The first-order valence-electron chi connectivity index (χ1n) is 7.26. The highest BCUT2D eigenvalue weighted by atomic mass is 19.1. The molecule has 0 aliphatic heterocycles. The molecule has 2 aromatic carbocycles. The van der Waals surface area contributed by atoms with Crippen LogP contribution in [-0.2, 0) is 17.9 Å². The Hall–Kier alpha value is -3.22. The van der Waals surface area contributed by atoms with Crippen LogP contribution in [0, 0.1) is 5.82 Å². The van der Waals surface area contributed by atoms with Crippen molar-refractivity contribution in [1.82, 2.24) is 15.1 Å². The van der Waals surface area contributed by atoms with Crippen LogP contribution in [0.4, 0.5) is 4.39 Å². The Balaban J connectivity index is 1.66. The van der Waals surface area contributed by atoms with E-state index >= 15 is 0 Å². The largest absolute Gasteiger partial charge is 0.437 e. The fourth-order valence-electron chi connectivity index (χ4n) is 2.10. The minimum atomic E-state index is -0.746. The molecule has 1 heterocycles. The van der Waals surface area contributed by atoms with Gasteiger partial charge in [-0.05, 0) is 29.8 Å². The average molecular weight is 327 g/mol. The topological polar surface area (TPSA) is 77.1 Å². The van der Waals surface area contributed by atoms with Crippen molar-refractivity contribution in [3.05, 3.63) is 76.5 Å². The van der Waals surface area contributed by atoms with Crippen LogP contribution in [0.25, 0.3) is 11.5 Å². The molecule has 1 amide bonds. The second kappa shape index (κ2) is 6.91. The van der Waals surface area contributed by atoms with Crippen LogP contribution in [0.3, 0.4) is 0 Å². The van der Waals surface area contributed by atoms with Crippen LogP contribution in [0.2, 0.25) is 0 Å². The molecule has 6 nitrogen and oxygen atoms in total. The normalized spacial score (nSPS) is 10.5. The van der Waals surface area contributed by atoms with Crippen molar-refractivity contribution in [1.29, 1.82) is 0 Å². The van der Waals surface area contributed by atoms with Crippen molar-refractivity contribution in [2.45, 2.75) is 13.1 Å². The summed E-state index contributed by atoms with van der Waals surface area (Å²) in [5, 5.41) is 6.66. The highest BCUT2D eigenvalue weighted by molar-refractivity contribution is 5.75. The Bertz CT molecular complexity index is 885. The second-order valence-electron chi connectivity index (χ2n) is 5.10. The predicted octanol–water partition coefficient (Wildman–Crippen LogP) is 1.96. The third kappa shape index (κ3) is 3.75. The van der Waals surface area contributed by atoms with Crippen LogP contribution >= 0.6 is 0 Å². The Morgan fingerprint density at radius 2 is 1.83 bits per heavy atom. The zero-order chi connectivity index (χ0) is 16.9. The molecule has 7 heteroatoms. The summed E-state index contributed by atoms with van der Waals surface area (Å²) in [6.07, 6.45) is 0. The van der Waals surface area contributed by atoms with Gasteiger partial charge in [0.05, 0.1) is 0 Å². The maximum absolute atomic E-state index is 12.9. The van der Waals surface area contributed by atoms with Gasteiger partial charge in [0.15, 0.2) is 0 Å². The summed E-state index contributed by atoms with van der Waals surface area (Å²) in [5.74, 6) is -1.47. The number of halogens is 1. The van der Waals surface area contributed by atoms with Gasteiger partial charge >= 0.3 is 5.76 Å². The van der Waals surface area contributed by atoms with Gasteiger partial charge in [0.1, 0.15) is 12.4 Å². The van der Waals surface area contributed by atoms with E-state index in [-0.39, 0.29) is 18.3 Å². The first-order chi connectivity index (χ1) is 11.6. The number of rotatable bonds is 5. The summed E-state index contributed by atoms with van der Waals surface area (Å²) in [6, 6.07) is 14.8. The molecule has 122 valence electrons. The molecule has 0 saturated heterocycles. The van der Waals surface area contributed by atoms with Gasteiger partial charge in [-0.3, -0.25) is 4.79 Å². The van der Waals surface area contributed by atoms with E-state index in [2.05, 4.69) is 10.4 Å². The zero-order valence-electron chi connectivity index (χ0n) is 12.6. The Labute approximate surface area is 136 Å². The maximum atomic E-state index is 12.9. The number of carbonyl (C=O) groups excluding carboxylic acids is 1. The molecule has 1 aromatic heterocycles. The number of benzene rings is 2. The Morgan fingerprint density at radius 1 is 1.12 bits per heavy atom. The summed E-state index contributed by atoms with van der Waals surface area (Å²) >= 11 is 0. The number of hydrogen-bond donors (Lipinski definition) is 1. The fraction of sp³-hybridized carbons (Fsp3) is 0.118. The van der Waals surface area contributed by atoms with Crippen LogP contribution in [0.1, 0.15) is 5.56 Å². The van der Waals surface area contributed by atoms with Crippen molar-refractivity contribution >= 4 is 5.91 Å². The monoisotopic (exact) mass is 327 g/mol. The molecule has 3 rings (SSSR count). The summed E-state index contributed by atoms with van der Waals surface area (Å²) in [6.45, 7) is 0.105. The van der Waals surface area contributed by atoms with Crippen LogP contribution in [0.5, 0.6) is 0 Å². The molecule has 0 fully saturated rings. The van der Waals surface area contributed by atoms with Crippen LogP contribution < -0.4 is 11.1 Å². The lowest BCUT2D eigenvalue weighted by Gasteiger charge is -2.04. The van der Waals surface area contributed by atoms with Crippen molar-refractivity contribution in [2.24, 2.45) is 0 Å². The molecule has 24 heavy (non-hydrogen) atoms. The second-order valence-corrected chi connectivity index (χ2v) is 5.10. The molecule has 0 aliphatic carbocycles. The fourth-order valence-corrected chi connectivity index (χ4v) is 2.10.